The Morgan fingerprint density at radius 3 is 2.82 bits per heavy atom. The maximum Gasteiger partial charge on any atom is 0.339 e. The van der Waals surface area contributed by atoms with Crippen LogP contribution in [0, 0.1) is 0 Å². The summed E-state index contributed by atoms with van der Waals surface area (Å²) in [6.07, 6.45) is 5.28. The van der Waals surface area contributed by atoms with Gasteiger partial charge in [-0.1, -0.05) is 6.07 Å². The number of hydrogen-bond acceptors (Lipinski definition) is 4. The van der Waals surface area contributed by atoms with Gasteiger partial charge in [0.25, 0.3) is 0 Å². The molecule has 0 spiro atoms. The summed E-state index contributed by atoms with van der Waals surface area (Å²) in [5, 5.41) is 17.0. The number of nitrogens with one attached hydrogen (secondary N) is 1. The van der Waals surface area contributed by atoms with Gasteiger partial charge in [0.1, 0.15) is 11.3 Å². The zero-order valence-electron chi connectivity index (χ0n) is 11.8. The Kier molecular flexibility index (Phi) is 3.57. The normalized spacial score (nSPS) is 11.1. The molecule has 2 aromatic heterocycles. The lowest BCUT2D eigenvalue weighted by Crippen LogP contribution is -2.00. The number of fused-ring (bicyclic) bond motifs is 1. The molecule has 6 nitrogen and oxygen atoms in total. The number of hydrogen-bond donors (Lipinski definition) is 2. The number of carboxylic acid groups (broad SMARTS) is 1. The first-order valence-corrected chi connectivity index (χ1v) is 6.58. The summed E-state index contributed by atoms with van der Waals surface area (Å²) in [5.74, 6) is -0.751. The van der Waals surface area contributed by atoms with Gasteiger partial charge in [-0.3, -0.25) is 10.1 Å². The molecule has 1 aromatic carbocycles. The van der Waals surface area contributed by atoms with E-state index in [1.54, 1.807) is 18.3 Å². The quantitative estimate of drug-likeness (QED) is 0.772. The molecule has 3 aromatic rings. The molecule has 0 fully saturated rings. The fourth-order valence-electron chi connectivity index (χ4n) is 2.25. The summed E-state index contributed by atoms with van der Waals surface area (Å²) in [6, 6.07) is 8.76. The molecule has 6 heteroatoms. The van der Waals surface area contributed by atoms with Crippen molar-refractivity contribution in [2.75, 3.05) is 7.11 Å². The lowest BCUT2D eigenvalue weighted by molar-refractivity contribution is 0.0693. The second-order valence-electron chi connectivity index (χ2n) is 4.57. The van der Waals surface area contributed by atoms with Crippen molar-refractivity contribution < 1.29 is 14.6 Å². The standard InChI is InChI=1S/C16H13N3O3/c1-22-15-11(16(20)21)6-8-13-14(15)12(18-19-13)7-5-10-4-2-3-9-17-10/h2-9H,1H3,(H,18,19)(H,20,21). The smallest absolute Gasteiger partial charge is 0.339 e. The van der Waals surface area contributed by atoms with Crippen LogP contribution in [-0.4, -0.2) is 33.4 Å². The van der Waals surface area contributed by atoms with E-state index in [0.717, 1.165) is 5.69 Å². The third-order valence-corrected chi connectivity index (χ3v) is 3.24. The average Bonchev–Trinajstić information content (AvgIpc) is 2.96. The van der Waals surface area contributed by atoms with Gasteiger partial charge in [0, 0.05) is 6.20 Å². The maximum absolute atomic E-state index is 11.3. The number of carboxylic acids is 1. The molecule has 0 amide bonds. The molecule has 0 aliphatic heterocycles. The Morgan fingerprint density at radius 2 is 2.14 bits per heavy atom. The highest BCUT2D eigenvalue weighted by Gasteiger charge is 2.17. The number of ether oxygens (including phenoxy) is 1. The molecule has 0 bridgehead atoms. The number of aromatic nitrogens is 3. The molecular formula is C16H13N3O3. The van der Waals surface area contributed by atoms with E-state index < -0.39 is 5.97 Å². The molecule has 0 aliphatic carbocycles. The first-order chi connectivity index (χ1) is 10.7. The van der Waals surface area contributed by atoms with Crippen LogP contribution in [0.15, 0.2) is 36.5 Å². The van der Waals surface area contributed by atoms with E-state index in [1.165, 1.54) is 13.2 Å². The second-order valence-corrected chi connectivity index (χ2v) is 4.57. The van der Waals surface area contributed by atoms with Gasteiger partial charge in [-0.15, -0.1) is 0 Å². The molecule has 0 unspecified atom stereocenters. The number of aromatic carboxylic acids is 1. The van der Waals surface area contributed by atoms with Crippen LogP contribution in [0.2, 0.25) is 0 Å². The highest BCUT2D eigenvalue weighted by molar-refractivity contribution is 6.02. The predicted octanol–water partition coefficient (Wildman–Crippen LogP) is 2.84. The van der Waals surface area contributed by atoms with Crippen LogP contribution >= 0.6 is 0 Å². The average molecular weight is 295 g/mol. The fraction of sp³-hybridized carbons (Fsp3) is 0.0625. The molecule has 110 valence electrons. The van der Waals surface area contributed by atoms with Gasteiger partial charge >= 0.3 is 5.97 Å². The number of carbonyl (C=O) groups is 1. The van der Waals surface area contributed by atoms with E-state index in [4.69, 9.17) is 4.74 Å². The molecule has 3 rings (SSSR count). The van der Waals surface area contributed by atoms with E-state index in [-0.39, 0.29) is 5.56 Å². The summed E-state index contributed by atoms with van der Waals surface area (Å²) in [7, 11) is 1.44. The zero-order chi connectivity index (χ0) is 15.5. The summed E-state index contributed by atoms with van der Waals surface area (Å²) < 4.78 is 5.28. The van der Waals surface area contributed by atoms with Crippen molar-refractivity contribution in [3.8, 4) is 5.75 Å². The maximum atomic E-state index is 11.3. The van der Waals surface area contributed by atoms with Crippen LogP contribution in [-0.2, 0) is 0 Å². The van der Waals surface area contributed by atoms with Crippen molar-refractivity contribution in [1.82, 2.24) is 15.2 Å². The molecule has 0 saturated heterocycles. The van der Waals surface area contributed by atoms with Crippen LogP contribution in [0.1, 0.15) is 21.7 Å². The predicted molar refractivity (Wildman–Crippen MR) is 82.8 cm³/mol. The van der Waals surface area contributed by atoms with Crippen LogP contribution in [0.5, 0.6) is 5.75 Å². The van der Waals surface area contributed by atoms with E-state index in [1.807, 2.05) is 24.3 Å². The van der Waals surface area contributed by atoms with E-state index in [2.05, 4.69) is 15.2 Å². The molecule has 22 heavy (non-hydrogen) atoms. The van der Waals surface area contributed by atoms with Crippen LogP contribution in [0.4, 0.5) is 0 Å². The van der Waals surface area contributed by atoms with Crippen molar-refractivity contribution in [2.24, 2.45) is 0 Å². The summed E-state index contributed by atoms with van der Waals surface area (Å²) in [4.78, 5) is 15.5. The van der Waals surface area contributed by atoms with Gasteiger partial charge in [-0.2, -0.15) is 5.10 Å². The first-order valence-electron chi connectivity index (χ1n) is 6.58. The third-order valence-electron chi connectivity index (χ3n) is 3.24. The Balaban J connectivity index is 2.12. The lowest BCUT2D eigenvalue weighted by atomic mass is 10.1. The SMILES string of the molecule is COc1c(C(=O)O)ccc2[nH]nc(C=Cc3ccccn3)c12. The number of H-pyrrole nitrogens is 1. The van der Waals surface area contributed by atoms with Crippen molar-refractivity contribution in [1.29, 1.82) is 0 Å². The molecular weight excluding hydrogens is 282 g/mol. The number of rotatable bonds is 4. The largest absolute Gasteiger partial charge is 0.495 e. The third kappa shape index (κ3) is 2.42. The Bertz CT molecular complexity index is 854. The molecule has 0 atom stereocenters. The van der Waals surface area contributed by atoms with Crippen LogP contribution in [0.3, 0.4) is 0 Å². The minimum atomic E-state index is -1.04. The monoisotopic (exact) mass is 295 g/mol. The van der Waals surface area contributed by atoms with Crippen molar-refractivity contribution in [3.63, 3.8) is 0 Å². The van der Waals surface area contributed by atoms with Gasteiger partial charge < -0.3 is 9.84 Å². The Labute approximate surface area is 126 Å². The second kappa shape index (κ2) is 5.69. The lowest BCUT2D eigenvalue weighted by Gasteiger charge is -2.06. The molecule has 2 heterocycles. The summed E-state index contributed by atoms with van der Waals surface area (Å²) in [5.41, 5.74) is 2.19. The van der Waals surface area contributed by atoms with Gasteiger partial charge in [-0.25, -0.2) is 4.79 Å². The van der Waals surface area contributed by atoms with Crippen molar-refractivity contribution >= 4 is 29.0 Å². The minimum absolute atomic E-state index is 0.101. The highest BCUT2D eigenvalue weighted by Crippen LogP contribution is 2.32. The fourth-order valence-corrected chi connectivity index (χ4v) is 2.25. The zero-order valence-corrected chi connectivity index (χ0v) is 11.8. The molecule has 0 radical (unpaired) electrons. The summed E-state index contributed by atoms with van der Waals surface area (Å²) >= 11 is 0. The Hall–Kier alpha value is -3.15. The summed E-state index contributed by atoms with van der Waals surface area (Å²) in [6.45, 7) is 0. The van der Waals surface area contributed by atoms with Crippen molar-refractivity contribution in [2.45, 2.75) is 0 Å². The number of methoxy groups -OCH3 is 1. The van der Waals surface area contributed by atoms with Crippen LogP contribution < -0.4 is 4.74 Å². The van der Waals surface area contributed by atoms with E-state index in [0.29, 0.717) is 22.3 Å². The number of benzene rings is 1. The molecule has 2 N–H and O–H groups in total. The highest BCUT2D eigenvalue weighted by atomic mass is 16.5. The number of nitrogens with zero attached hydrogens (tertiary/aromatic N) is 2. The van der Waals surface area contributed by atoms with Gasteiger partial charge in [0.2, 0.25) is 0 Å². The number of aromatic amines is 1. The molecule has 0 aliphatic rings. The van der Waals surface area contributed by atoms with Crippen molar-refractivity contribution in [3.05, 3.63) is 53.5 Å². The van der Waals surface area contributed by atoms with E-state index >= 15 is 0 Å². The van der Waals surface area contributed by atoms with Crippen LogP contribution in [0.25, 0.3) is 23.1 Å². The first kappa shape index (κ1) is 13.8. The Morgan fingerprint density at radius 1 is 1.27 bits per heavy atom. The topological polar surface area (TPSA) is 88.1 Å². The van der Waals surface area contributed by atoms with Gasteiger partial charge in [0.15, 0.2) is 0 Å². The van der Waals surface area contributed by atoms with E-state index in [9.17, 15) is 9.90 Å². The molecule has 0 saturated carbocycles. The van der Waals surface area contributed by atoms with Gasteiger partial charge in [0.05, 0.1) is 29.4 Å². The minimum Gasteiger partial charge on any atom is -0.495 e. The van der Waals surface area contributed by atoms with Gasteiger partial charge in [-0.05, 0) is 36.4 Å². The number of pyridine rings is 1.